The van der Waals surface area contributed by atoms with Crippen molar-refractivity contribution >= 4 is 15.9 Å². The minimum absolute atomic E-state index is 0.0547. The Kier molecular flexibility index (Phi) is 5.64. The first-order chi connectivity index (χ1) is 10.9. The number of hydrogen-bond acceptors (Lipinski definition) is 4. The minimum atomic E-state index is -3.64. The Morgan fingerprint density at radius 1 is 1.30 bits per heavy atom. The summed E-state index contributed by atoms with van der Waals surface area (Å²) in [6.07, 6.45) is 1.71. The van der Waals surface area contributed by atoms with E-state index >= 15 is 0 Å². The predicted molar refractivity (Wildman–Crippen MR) is 88.2 cm³/mol. The number of nitrogens with one attached hydrogen (secondary N) is 1. The van der Waals surface area contributed by atoms with Crippen LogP contribution >= 0.6 is 0 Å². The zero-order valence-electron chi connectivity index (χ0n) is 13.8. The molecule has 0 bridgehead atoms. The van der Waals surface area contributed by atoms with Gasteiger partial charge in [0.2, 0.25) is 10.0 Å². The van der Waals surface area contributed by atoms with Crippen molar-refractivity contribution in [3.05, 3.63) is 23.8 Å². The fourth-order valence-corrected chi connectivity index (χ4v) is 4.18. The van der Waals surface area contributed by atoms with Gasteiger partial charge in [-0.2, -0.15) is 4.31 Å². The maximum Gasteiger partial charge on any atom is 0.251 e. The van der Waals surface area contributed by atoms with Gasteiger partial charge in [0.15, 0.2) is 0 Å². The molecule has 1 aliphatic heterocycles. The second kappa shape index (κ2) is 7.31. The monoisotopic (exact) mass is 340 g/mol. The first kappa shape index (κ1) is 17.7. The zero-order valence-corrected chi connectivity index (χ0v) is 14.6. The summed E-state index contributed by atoms with van der Waals surface area (Å²) in [6.45, 7) is 5.55. The van der Waals surface area contributed by atoms with Crippen LogP contribution in [0.4, 0.5) is 0 Å². The summed E-state index contributed by atoms with van der Waals surface area (Å²) in [6, 6.07) is 4.52. The second-order valence-corrected chi connectivity index (χ2v) is 7.99. The molecule has 0 aliphatic carbocycles. The Balaban J connectivity index is 2.34. The van der Waals surface area contributed by atoms with Crippen LogP contribution in [0.3, 0.4) is 0 Å². The number of rotatable bonds is 6. The van der Waals surface area contributed by atoms with Crippen molar-refractivity contribution in [1.29, 1.82) is 0 Å². The number of hydrogen-bond donors (Lipinski definition) is 1. The van der Waals surface area contributed by atoms with E-state index in [1.54, 1.807) is 6.07 Å². The molecule has 0 atom stereocenters. The molecular weight excluding hydrogens is 316 g/mol. The number of carbonyl (C=O) groups is 1. The molecule has 0 unspecified atom stereocenters. The number of sulfonamides is 1. The highest BCUT2D eigenvalue weighted by Crippen LogP contribution is 2.29. The molecule has 0 spiro atoms. The largest absolute Gasteiger partial charge is 0.495 e. The van der Waals surface area contributed by atoms with Gasteiger partial charge in [-0.25, -0.2) is 8.42 Å². The Hall–Kier alpha value is -1.60. The van der Waals surface area contributed by atoms with E-state index in [-0.39, 0.29) is 16.6 Å². The van der Waals surface area contributed by atoms with Crippen molar-refractivity contribution in [3.8, 4) is 5.75 Å². The highest BCUT2D eigenvalue weighted by Gasteiger charge is 2.30. The summed E-state index contributed by atoms with van der Waals surface area (Å²) in [5, 5.41) is 2.80. The lowest BCUT2D eigenvalue weighted by atomic mass is 10.2. The molecule has 6 nitrogen and oxygen atoms in total. The number of amides is 1. The molecule has 0 aromatic heterocycles. The van der Waals surface area contributed by atoms with Crippen LogP contribution in [0.5, 0.6) is 5.75 Å². The van der Waals surface area contributed by atoms with Gasteiger partial charge in [0.05, 0.1) is 7.11 Å². The molecule has 23 heavy (non-hydrogen) atoms. The third kappa shape index (κ3) is 4.03. The standard InChI is InChI=1S/C16H24N2O4S/c1-12(2)11-17-16(19)13-6-7-14(22-3)15(10-13)23(20,21)18-8-4-5-9-18/h6-7,10,12H,4-5,8-9,11H2,1-3H3,(H,17,19). The molecule has 1 amide bonds. The number of ether oxygens (including phenoxy) is 1. The quantitative estimate of drug-likeness (QED) is 0.858. The van der Waals surface area contributed by atoms with E-state index in [2.05, 4.69) is 5.32 Å². The normalized spacial score (nSPS) is 15.8. The van der Waals surface area contributed by atoms with Gasteiger partial charge in [0.1, 0.15) is 10.6 Å². The maximum absolute atomic E-state index is 12.8. The lowest BCUT2D eigenvalue weighted by Crippen LogP contribution is -2.30. The summed E-state index contributed by atoms with van der Waals surface area (Å²) < 4.78 is 32.2. The summed E-state index contributed by atoms with van der Waals surface area (Å²) in [5.74, 6) is 0.307. The predicted octanol–water partition coefficient (Wildman–Crippen LogP) is 1.87. The van der Waals surface area contributed by atoms with Gasteiger partial charge in [0.25, 0.3) is 5.91 Å². The Labute approximate surface area is 137 Å². The van der Waals surface area contributed by atoms with E-state index in [9.17, 15) is 13.2 Å². The second-order valence-electron chi connectivity index (χ2n) is 6.08. The molecule has 2 rings (SSSR count). The molecule has 1 aliphatic rings. The van der Waals surface area contributed by atoms with E-state index in [0.29, 0.717) is 31.1 Å². The van der Waals surface area contributed by atoms with Crippen LogP contribution < -0.4 is 10.1 Å². The number of carbonyl (C=O) groups excluding carboxylic acids is 1. The van der Waals surface area contributed by atoms with Crippen molar-refractivity contribution in [2.45, 2.75) is 31.6 Å². The molecule has 1 N–H and O–H groups in total. The van der Waals surface area contributed by atoms with E-state index in [1.807, 2.05) is 13.8 Å². The summed E-state index contributed by atoms with van der Waals surface area (Å²) in [7, 11) is -2.21. The molecule has 1 fully saturated rings. The molecule has 1 saturated heterocycles. The molecule has 1 aromatic rings. The average Bonchev–Trinajstić information content (AvgIpc) is 3.07. The van der Waals surface area contributed by atoms with Crippen LogP contribution in [0.15, 0.2) is 23.1 Å². The molecule has 1 aromatic carbocycles. The van der Waals surface area contributed by atoms with Gasteiger partial charge < -0.3 is 10.1 Å². The SMILES string of the molecule is COc1ccc(C(=O)NCC(C)C)cc1S(=O)(=O)N1CCCC1. The first-order valence-electron chi connectivity index (χ1n) is 7.82. The van der Waals surface area contributed by atoms with Crippen LogP contribution in [-0.2, 0) is 10.0 Å². The average molecular weight is 340 g/mol. The lowest BCUT2D eigenvalue weighted by Gasteiger charge is -2.18. The van der Waals surface area contributed by atoms with E-state index in [4.69, 9.17) is 4.74 Å². The van der Waals surface area contributed by atoms with Crippen LogP contribution in [0, 0.1) is 5.92 Å². The summed E-state index contributed by atoms with van der Waals surface area (Å²) >= 11 is 0. The summed E-state index contributed by atoms with van der Waals surface area (Å²) in [4.78, 5) is 12.2. The Bertz CT molecular complexity index is 665. The van der Waals surface area contributed by atoms with Crippen molar-refractivity contribution in [2.75, 3.05) is 26.7 Å². The van der Waals surface area contributed by atoms with E-state index in [1.165, 1.54) is 23.5 Å². The summed E-state index contributed by atoms with van der Waals surface area (Å²) in [5.41, 5.74) is 0.323. The number of benzene rings is 1. The third-order valence-electron chi connectivity index (χ3n) is 3.78. The molecule has 128 valence electrons. The van der Waals surface area contributed by atoms with Gasteiger partial charge in [-0.15, -0.1) is 0 Å². The van der Waals surface area contributed by atoms with Gasteiger partial charge in [-0.3, -0.25) is 4.79 Å². The molecule has 7 heteroatoms. The third-order valence-corrected chi connectivity index (χ3v) is 5.70. The van der Waals surface area contributed by atoms with E-state index in [0.717, 1.165) is 12.8 Å². The fourth-order valence-electron chi connectivity index (χ4n) is 2.49. The smallest absolute Gasteiger partial charge is 0.251 e. The van der Waals surface area contributed by atoms with Crippen LogP contribution in [0.1, 0.15) is 37.0 Å². The highest BCUT2D eigenvalue weighted by molar-refractivity contribution is 7.89. The van der Waals surface area contributed by atoms with Crippen LogP contribution in [-0.4, -0.2) is 45.4 Å². The maximum atomic E-state index is 12.8. The van der Waals surface area contributed by atoms with Crippen molar-refractivity contribution in [1.82, 2.24) is 9.62 Å². The van der Waals surface area contributed by atoms with Crippen molar-refractivity contribution in [3.63, 3.8) is 0 Å². The van der Waals surface area contributed by atoms with Crippen LogP contribution in [0.25, 0.3) is 0 Å². The molecule has 1 heterocycles. The molecule has 0 radical (unpaired) electrons. The van der Waals surface area contributed by atoms with Crippen molar-refractivity contribution in [2.24, 2.45) is 5.92 Å². The van der Waals surface area contributed by atoms with Gasteiger partial charge in [-0.05, 0) is 37.0 Å². The minimum Gasteiger partial charge on any atom is -0.495 e. The number of nitrogens with zero attached hydrogens (tertiary/aromatic N) is 1. The topological polar surface area (TPSA) is 75.7 Å². The van der Waals surface area contributed by atoms with Gasteiger partial charge >= 0.3 is 0 Å². The van der Waals surface area contributed by atoms with Gasteiger partial charge in [-0.1, -0.05) is 13.8 Å². The molecular formula is C16H24N2O4S. The van der Waals surface area contributed by atoms with Crippen molar-refractivity contribution < 1.29 is 17.9 Å². The highest BCUT2D eigenvalue weighted by atomic mass is 32.2. The fraction of sp³-hybridized carbons (Fsp3) is 0.562. The Morgan fingerprint density at radius 2 is 1.96 bits per heavy atom. The lowest BCUT2D eigenvalue weighted by molar-refractivity contribution is 0.0948. The first-order valence-corrected chi connectivity index (χ1v) is 9.26. The molecule has 0 saturated carbocycles. The Morgan fingerprint density at radius 3 is 2.52 bits per heavy atom. The van der Waals surface area contributed by atoms with Gasteiger partial charge in [0, 0.05) is 25.2 Å². The number of methoxy groups -OCH3 is 1. The zero-order chi connectivity index (χ0) is 17.0. The van der Waals surface area contributed by atoms with Crippen LogP contribution in [0.2, 0.25) is 0 Å². The van der Waals surface area contributed by atoms with E-state index < -0.39 is 10.0 Å².